The number of hydrogen-bond donors (Lipinski definition) is 8. The Morgan fingerprint density at radius 3 is 2.26 bits per heavy atom. The maximum absolute atomic E-state index is 12.1. The zero-order chi connectivity index (χ0) is 27.9. The zero-order valence-corrected chi connectivity index (χ0v) is 21.6. The Hall–Kier alpha value is -2.57. The van der Waals surface area contributed by atoms with Gasteiger partial charge < -0.3 is 45.8 Å². The lowest BCUT2D eigenvalue weighted by molar-refractivity contribution is -0.181. The highest BCUT2D eigenvalue weighted by Crippen LogP contribution is 2.38. The molecule has 1 aliphatic rings. The third kappa shape index (κ3) is 7.29. The Labute approximate surface area is 222 Å². The number of rotatable bonds is 12. The van der Waals surface area contributed by atoms with Crippen molar-refractivity contribution in [1.82, 2.24) is 5.32 Å². The van der Waals surface area contributed by atoms with Gasteiger partial charge in [0.1, 0.15) is 23.5 Å². The zero-order valence-electron chi connectivity index (χ0n) is 21.6. The van der Waals surface area contributed by atoms with Crippen molar-refractivity contribution in [3.8, 4) is 5.75 Å². The van der Waals surface area contributed by atoms with Gasteiger partial charge in [0.2, 0.25) is 5.91 Å². The molecule has 8 N–H and O–H groups in total. The number of aliphatic hydroxyl groups excluding tert-OH is 6. The maximum Gasteiger partial charge on any atom is 0.220 e. The molecule has 2 aromatic carbocycles. The van der Waals surface area contributed by atoms with Crippen molar-refractivity contribution in [1.29, 1.82) is 0 Å². The average Bonchev–Trinajstić information content (AvgIpc) is 2.91. The van der Waals surface area contributed by atoms with Crippen LogP contribution in [0.5, 0.6) is 5.75 Å². The molecular formula is C28H39NO9. The molecule has 3 rings (SSSR count). The average molecular weight is 534 g/mol. The molecule has 1 saturated heterocycles. The summed E-state index contributed by atoms with van der Waals surface area (Å²) in [5, 5.41) is 70.7. The smallest absolute Gasteiger partial charge is 0.220 e. The van der Waals surface area contributed by atoms with Crippen LogP contribution in [0.15, 0.2) is 36.4 Å². The van der Waals surface area contributed by atoms with E-state index in [1.54, 1.807) is 6.07 Å². The molecular weight excluding hydrogens is 494 g/mol. The van der Waals surface area contributed by atoms with Crippen LogP contribution in [0.25, 0.3) is 0 Å². The number of hydrogen-bond acceptors (Lipinski definition) is 9. The van der Waals surface area contributed by atoms with Crippen LogP contribution in [0, 0.1) is 6.92 Å². The fourth-order valence-corrected chi connectivity index (χ4v) is 4.63. The number of carbonyl (C=O) groups is 1. The van der Waals surface area contributed by atoms with Crippen LogP contribution in [-0.2, 0) is 22.4 Å². The highest BCUT2D eigenvalue weighted by Gasteiger charge is 2.38. The molecule has 1 aliphatic heterocycles. The van der Waals surface area contributed by atoms with Gasteiger partial charge in [-0.1, -0.05) is 24.3 Å². The van der Waals surface area contributed by atoms with Crippen LogP contribution >= 0.6 is 0 Å². The highest BCUT2D eigenvalue weighted by molar-refractivity contribution is 5.76. The van der Waals surface area contributed by atoms with Crippen LogP contribution in [0.2, 0.25) is 0 Å². The molecule has 0 saturated carbocycles. The molecule has 210 valence electrons. The van der Waals surface area contributed by atoms with E-state index in [0.29, 0.717) is 24.8 Å². The van der Waals surface area contributed by atoms with Crippen molar-refractivity contribution in [2.24, 2.45) is 0 Å². The van der Waals surface area contributed by atoms with Gasteiger partial charge in [-0.05, 0) is 60.6 Å². The molecule has 0 radical (unpaired) electrons. The molecule has 10 nitrogen and oxygen atoms in total. The largest absolute Gasteiger partial charge is 0.508 e. The van der Waals surface area contributed by atoms with Crippen molar-refractivity contribution >= 4 is 5.91 Å². The molecule has 2 aromatic rings. The van der Waals surface area contributed by atoms with E-state index in [-0.39, 0.29) is 24.5 Å². The molecule has 0 unspecified atom stereocenters. The van der Waals surface area contributed by atoms with Gasteiger partial charge in [-0.3, -0.25) is 4.79 Å². The van der Waals surface area contributed by atoms with E-state index < -0.39 is 56.4 Å². The molecule has 0 bridgehead atoms. The maximum atomic E-state index is 12.1. The van der Waals surface area contributed by atoms with Crippen LogP contribution < -0.4 is 5.32 Å². The highest BCUT2D eigenvalue weighted by atomic mass is 16.5. The van der Waals surface area contributed by atoms with Crippen LogP contribution in [0.3, 0.4) is 0 Å². The first-order valence-electron chi connectivity index (χ1n) is 12.8. The van der Waals surface area contributed by atoms with Gasteiger partial charge in [-0.2, -0.15) is 0 Å². The lowest BCUT2D eigenvalue weighted by atomic mass is 9.90. The van der Waals surface area contributed by atoms with Gasteiger partial charge in [-0.25, -0.2) is 0 Å². The van der Waals surface area contributed by atoms with Crippen molar-refractivity contribution < 1.29 is 45.3 Å². The number of aryl methyl sites for hydroxylation is 2. The third-order valence-electron chi connectivity index (χ3n) is 7.18. The van der Waals surface area contributed by atoms with Crippen molar-refractivity contribution in [2.45, 2.75) is 69.0 Å². The van der Waals surface area contributed by atoms with E-state index in [2.05, 4.69) is 5.32 Å². The Morgan fingerprint density at radius 2 is 1.66 bits per heavy atom. The Bertz CT molecular complexity index is 1050. The fraction of sp³-hybridized carbons (Fsp3) is 0.536. The number of benzene rings is 2. The minimum atomic E-state index is -1.42. The van der Waals surface area contributed by atoms with Crippen LogP contribution in [0.4, 0.5) is 0 Å². The molecule has 4 atom stereocenters. The van der Waals surface area contributed by atoms with Gasteiger partial charge in [0, 0.05) is 18.4 Å². The summed E-state index contributed by atoms with van der Waals surface area (Å²) >= 11 is 0. The summed E-state index contributed by atoms with van der Waals surface area (Å²) in [4.78, 5) is 12.1. The SMILES string of the molecule is Cc1cc(O)c([C@H]2C[C@@H](O)[C@H](O)[C@@H](CO)O2)cc1Cc1ccc(CCCC(=O)NC(CO)(CO)CO)cc1. The molecule has 0 aliphatic carbocycles. The van der Waals surface area contributed by atoms with E-state index in [4.69, 9.17) is 4.74 Å². The number of carbonyl (C=O) groups excluding carboxylic acids is 1. The number of ether oxygens (including phenoxy) is 1. The first kappa shape index (κ1) is 30.0. The summed E-state index contributed by atoms with van der Waals surface area (Å²) in [7, 11) is 0. The molecule has 1 heterocycles. The van der Waals surface area contributed by atoms with E-state index in [1.807, 2.05) is 37.3 Å². The van der Waals surface area contributed by atoms with Crippen molar-refractivity contribution in [3.63, 3.8) is 0 Å². The summed E-state index contributed by atoms with van der Waals surface area (Å²) in [6, 6.07) is 11.4. The molecule has 0 spiro atoms. The van der Waals surface area contributed by atoms with Crippen LogP contribution in [0.1, 0.15) is 53.2 Å². The summed E-state index contributed by atoms with van der Waals surface area (Å²) in [6.45, 7) is -0.223. The number of phenols is 1. The summed E-state index contributed by atoms with van der Waals surface area (Å²) < 4.78 is 5.76. The summed E-state index contributed by atoms with van der Waals surface area (Å²) in [5.41, 5.74) is 3.01. The topological polar surface area (TPSA) is 180 Å². The molecule has 1 amide bonds. The van der Waals surface area contributed by atoms with E-state index in [0.717, 1.165) is 22.3 Å². The minimum Gasteiger partial charge on any atom is -0.508 e. The molecule has 0 aromatic heterocycles. The molecule has 1 fully saturated rings. The lowest BCUT2D eigenvalue weighted by Crippen LogP contribution is -2.57. The molecule has 10 heteroatoms. The lowest BCUT2D eigenvalue weighted by Gasteiger charge is -2.37. The summed E-state index contributed by atoms with van der Waals surface area (Å²) in [5.74, 6) is -0.322. The fourth-order valence-electron chi connectivity index (χ4n) is 4.63. The predicted octanol–water partition coefficient (Wildman–Crippen LogP) is -0.00988. The van der Waals surface area contributed by atoms with E-state index >= 15 is 0 Å². The Morgan fingerprint density at radius 1 is 1.03 bits per heavy atom. The monoisotopic (exact) mass is 533 g/mol. The van der Waals surface area contributed by atoms with Crippen molar-refractivity contribution in [2.75, 3.05) is 26.4 Å². The second-order valence-corrected chi connectivity index (χ2v) is 10.1. The molecule has 38 heavy (non-hydrogen) atoms. The van der Waals surface area contributed by atoms with Crippen molar-refractivity contribution in [3.05, 3.63) is 64.2 Å². The third-order valence-corrected chi connectivity index (χ3v) is 7.18. The summed E-state index contributed by atoms with van der Waals surface area (Å²) in [6.07, 6.45) is -1.78. The Kier molecular flexibility index (Phi) is 10.6. The number of amides is 1. The normalized spacial score (nSPS) is 21.9. The number of nitrogens with one attached hydrogen (secondary N) is 1. The van der Waals surface area contributed by atoms with E-state index in [9.17, 15) is 40.5 Å². The minimum absolute atomic E-state index is 0.0325. The predicted molar refractivity (Wildman–Crippen MR) is 138 cm³/mol. The van der Waals surface area contributed by atoms with Gasteiger partial charge >= 0.3 is 0 Å². The van der Waals surface area contributed by atoms with Gasteiger partial charge in [0.25, 0.3) is 0 Å². The standard InChI is InChI=1S/C28H39NO9/c1-17-9-22(34)21(24-12-23(35)27(37)25(13-30)38-24)11-20(17)10-19-7-5-18(6-8-19)3-2-4-26(36)29-28(14-31,15-32)16-33/h5-9,11,23-25,27,30-35,37H,2-4,10,12-16H2,1H3,(H,29,36)/t23-,24-,25-,27+/m1/s1. The number of aromatic hydroxyl groups is 1. The quantitative estimate of drug-likeness (QED) is 0.186. The second-order valence-electron chi connectivity index (χ2n) is 10.1. The Balaban J connectivity index is 1.61. The van der Waals surface area contributed by atoms with Crippen LogP contribution in [-0.4, -0.2) is 91.9 Å². The number of phenolic OH excluding ortho intramolecular Hbond substituents is 1. The first-order valence-corrected chi connectivity index (χ1v) is 12.8. The van der Waals surface area contributed by atoms with Gasteiger partial charge in [-0.15, -0.1) is 0 Å². The first-order chi connectivity index (χ1) is 18.1. The number of aliphatic hydroxyl groups is 6. The van der Waals surface area contributed by atoms with E-state index in [1.165, 1.54) is 0 Å². The van der Waals surface area contributed by atoms with Gasteiger partial charge in [0.15, 0.2) is 0 Å². The second kappa shape index (κ2) is 13.5. The van der Waals surface area contributed by atoms with Gasteiger partial charge in [0.05, 0.1) is 38.6 Å².